The minimum atomic E-state index is -4.05. The van der Waals surface area contributed by atoms with E-state index in [1.807, 2.05) is 0 Å². The van der Waals surface area contributed by atoms with E-state index in [9.17, 15) is 26.8 Å². The fourth-order valence-corrected chi connectivity index (χ4v) is 6.87. The first kappa shape index (κ1) is 32.6. The van der Waals surface area contributed by atoms with Crippen molar-refractivity contribution in [2.24, 2.45) is 0 Å². The number of anilines is 1. The molecule has 15 heteroatoms. The molecule has 0 saturated carbocycles. The van der Waals surface area contributed by atoms with Gasteiger partial charge in [0.15, 0.2) is 11.4 Å². The topological polar surface area (TPSA) is 153 Å². The van der Waals surface area contributed by atoms with Gasteiger partial charge in [-0.05, 0) is 60.2 Å². The summed E-state index contributed by atoms with van der Waals surface area (Å²) in [6.45, 7) is -0.184. The average Bonchev–Trinajstić information content (AvgIpc) is 3.83. The third-order valence-electron chi connectivity index (χ3n) is 8.26. The lowest BCUT2D eigenvalue weighted by molar-refractivity contribution is 0.0964. The minimum Gasteiger partial charge on any atom is -0.496 e. The van der Waals surface area contributed by atoms with Gasteiger partial charge in [0.2, 0.25) is 15.9 Å². The minimum absolute atomic E-state index is 0.0157. The first-order valence-electron chi connectivity index (χ1n) is 15.2. The van der Waals surface area contributed by atoms with E-state index in [1.165, 1.54) is 56.6 Å². The van der Waals surface area contributed by atoms with Crippen molar-refractivity contribution in [2.75, 3.05) is 37.8 Å². The number of aromatic nitrogens is 1. The molecule has 0 radical (unpaired) electrons. The van der Waals surface area contributed by atoms with E-state index in [0.717, 1.165) is 10.6 Å². The SMILES string of the molecule is CNC(=O)c1c(-c2ccc(F)cc2)oc2cc(N(CC3CNC(=O)O3)S(C)(=O)=O)c(-c3ccc(OC)c(-c4nc5c(F)cccc5o4)c3)cc12. The van der Waals surface area contributed by atoms with Gasteiger partial charge in [-0.15, -0.1) is 0 Å². The summed E-state index contributed by atoms with van der Waals surface area (Å²) < 4.78 is 79.5. The number of hydrogen-bond donors (Lipinski definition) is 2. The van der Waals surface area contributed by atoms with Crippen LogP contribution in [0.1, 0.15) is 10.4 Å². The second-order valence-corrected chi connectivity index (χ2v) is 13.4. The van der Waals surface area contributed by atoms with Gasteiger partial charge in [-0.3, -0.25) is 9.10 Å². The molecule has 6 aromatic rings. The van der Waals surface area contributed by atoms with E-state index >= 15 is 0 Å². The van der Waals surface area contributed by atoms with Gasteiger partial charge in [-0.1, -0.05) is 12.1 Å². The Morgan fingerprint density at radius 3 is 2.44 bits per heavy atom. The van der Waals surface area contributed by atoms with Crippen molar-refractivity contribution in [3.63, 3.8) is 0 Å². The number of alkyl carbamates (subject to hydrolysis) is 1. The maximum Gasteiger partial charge on any atom is 0.407 e. The number of nitrogens with one attached hydrogen (secondary N) is 2. The van der Waals surface area contributed by atoms with Crippen molar-refractivity contribution in [3.8, 4) is 39.7 Å². The largest absolute Gasteiger partial charge is 0.496 e. The summed E-state index contributed by atoms with van der Waals surface area (Å²) in [5, 5.41) is 5.47. The zero-order valence-electron chi connectivity index (χ0n) is 26.7. The third kappa shape index (κ3) is 5.85. The summed E-state index contributed by atoms with van der Waals surface area (Å²) in [5.74, 6) is -1.06. The summed E-state index contributed by atoms with van der Waals surface area (Å²) in [5.41, 5.74) is 2.13. The number of para-hydroxylation sites is 1. The van der Waals surface area contributed by atoms with Gasteiger partial charge in [-0.25, -0.2) is 27.0 Å². The Kier molecular flexibility index (Phi) is 8.14. The van der Waals surface area contributed by atoms with Crippen molar-refractivity contribution < 1.29 is 45.1 Å². The summed E-state index contributed by atoms with van der Waals surface area (Å²) >= 11 is 0. The average molecular weight is 703 g/mol. The molecule has 7 rings (SSSR count). The van der Waals surface area contributed by atoms with E-state index in [1.54, 1.807) is 30.3 Å². The van der Waals surface area contributed by atoms with Crippen LogP contribution in [0.3, 0.4) is 0 Å². The van der Waals surface area contributed by atoms with Gasteiger partial charge in [0.05, 0.1) is 43.3 Å². The molecule has 1 fully saturated rings. The quantitative estimate of drug-likeness (QED) is 0.182. The van der Waals surface area contributed by atoms with Crippen molar-refractivity contribution in [1.29, 1.82) is 0 Å². The van der Waals surface area contributed by atoms with Crippen LogP contribution < -0.4 is 19.7 Å². The third-order valence-corrected chi connectivity index (χ3v) is 9.41. The van der Waals surface area contributed by atoms with Crippen LogP contribution in [0, 0.1) is 11.6 Å². The van der Waals surface area contributed by atoms with Gasteiger partial charge >= 0.3 is 6.09 Å². The molecule has 12 nitrogen and oxygen atoms in total. The molecule has 4 aromatic carbocycles. The molecule has 0 spiro atoms. The number of ether oxygens (including phenoxy) is 2. The van der Waals surface area contributed by atoms with Gasteiger partial charge in [0.25, 0.3) is 5.91 Å². The Balaban J connectivity index is 1.50. The molecule has 0 bridgehead atoms. The molecule has 2 N–H and O–H groups in total. The Morgan fingerprint density at radius 1 is 1.02 bits per heavy atom. The standard InChI is InChI=1S/C35H28F2N4O8S/c1-38-33(42)30-23-14-22(19-9-12-27(46-2)24(13-19)34-40-31-25(37)5-4-6-28(31)49-34)26(41(50(3,44)45)17-21-16-39-35(43)47-21)15-29(23)48-32(30)18-7-10-20(36)11-8-18/h4-15,21H,16-17H2,1-3H3,(H,38,42)(H,39,43). The molecule has 50 heavy (non-hydrogen) atoms. The van der Waals surface area contributed by atoms with Crippen molar-refractivity contribution >= 4 is 49.8 Å². The van der Waals surface area contributed by atoms with Crippen molar-refractivity contribution in [2.45, 2.75) is 6.10 Å². The number of oxazole rings is 1. The number of benzene rings is 4. The first-order chi connectivity index (χ1) is 23.9. The normalized spacial score (nSPS) is 14.5. The predicted molar refractivity (Wildman–Crippen MR) is 180 cm³/mol. The Hall–Kier alpha value is -5.96. The highest BCUT2D eigenvalue weighted by Crippen LogP contribution is 2.44. The molecule has 1 aliphatic rings. The van der Waals surface area contributed by atoms with Crippen LogP contribution in [0.5, 0.6) is 5.75 Å². The molecular weight excluding hydrogens is 674 g/mol. The van der Waals surface area contributed by atoms with E-state index in [2.05, 4.69) is 15.6 Å². The van der Waals surface area contributed by atoms with E-state index in [-0.39, 0.29) is 52.7 Å². The number of halogens is 2. The van der Waals surface area contributed by atoms with Gasteiger partial charge in [0.1, 0.15) is 34.5 Å². The number of furan rings is 1. The maximum absolute atomic E-state index is 14.6. The Labute approximate surface area is 283 Å². The Morgan fingerprint density at radius 2 is 1.78 bits per heavy atom. The molecule has 256 valence electrons. The lowest BCUT2D eigenvalue weighted by atomic mass is 9.96. The molecule has 1 unspecified atom stereocenters. The summed E-state index contributed by atoms with van der Waals surface area (Å²) in [6, 6.07) is 17.7. The van der Waals surface area contributed by atoms with Crippen LogP contribution in [-0.2, 0) is 14.8 Å². The number of cyclic esters (lactones) is 1. The molecule has 0 aliphatic carbocycles. The molecular formula is C35H28F2N4O8S. The smallest absolute Gasteiger partial charge is 0.407 e. The summed E-state index contributed by atoms with van der Waals surface area (Å²) in [6.07, 6.45) is -0.493. The molecule has 1 aliphatic heterocycles. The van der Waals surface area contributed by atoms with Gasteiger partial charge in [-0.2, -0.15) is 0 Å². The molecule has 1 saturated heterocycles. The highest BCUT2D eigenvalue weighted by Gasteiger charge is 2.32. The zero-order chi connectivity index (χ0) is 35.3. The van der Waals surface area contributed by atoms with Crippen LogP contribution in [0.15, 0.2) is 81.6 Å². The fraction of sp³-hybridized carbons (Fsp3) is 0.171. The number of amides is 2. The number of rotatable bonds is 9. The lowest BCUT2D eigenvalue weighted by Gasteiger charge is -2.27. The van der Waals surface area contributed by atoms with Crippen LogP contribution in [-0.4, -0.2) is 65.0 Å². The number of carbonyl (C=O) groups excluding carboxylic acids is 2. The van der Waals surface area contributed by atoms with E-state index in [0.29, 0.717) is 33.4 Å². The van der Waals surface area contributed by atoms with Crippen LogP contribution in [0.2, 0.25) is 0 Å². The van der Waals surface area contributed by atoms with Crippen molar-refractivity contribution in [1.82, 2.24) is 15.6 Å². The molecule has 2 aromatic heterocycles. The highest BCUT2D eigenvalue weighted by atomic mass is 32.2. The highest BCUT2D eigenvalue weighted by molar-refractivity contribution is 7.92. The lowest BCUT2D eigenvalue weighted by Crippen LogP contribution is -2.38. The van der Waals surface area contributed by atoms with Gasteiger partial charge in [0, 0.05) is 29.6 Å². The number of methoxy groups -OCH3 is 1. The summed E-state index contributed by atoms with van der Waals surface area (Å²) in [7, 11) is -1.15. The maximum atomic E-state index is 14.6. The first-order valence-corrected chi connectivity index (χ1v) is 17.0. The number of sulfonamides is 1. The van der Waals surface area contributed by atoms with Gasteiger partial charge < -0.3 is 28.9 Å². The zero-order valence-corrected chi connectivity index (χ0v) is 27.6. The molecule has 1 atom stereocenters. The number of hydrogen-bond acceptors (Lipinski definition) is 9. The monoisotopic (exact) mass is 702 g/mol. The fourth-order valence-electron chi connectivity index (χ4n) is 5.93. The second kappa shape index (κ2) is 12.5. The molecule has 3 heterocycles. The number of fused-ring (bicyclic) bond motifs is 2. The predicted octanol–water partition coefficient (Wildman–Crippen LogP) is 6.10. The van der Waals surface area contributed by atoms with Crippen LogP contribution in [0.25, 0.3) is 56.0 Å². The second-order valence-electron chi connectivity index (χ2n) is 11.5. The van der Waals surface area contributed by atoms with E-state index in [4.69, 9.17) is 18.3 Å². The molecule has 2 amide bonds. The van der Waals surface area contributed by atoms with E-state index < -0.39 is 39.8 Å². The number of carbonyl (C=O) groups is 2. The Bertz CT molecular complexity index is 2430. The van der Waals surface area contributed by atoms with Crippen LogP contribution >= 0.6 is 0 Å². The van der Waals surface area contributed by atoms with Crippen molar-refractivity contribution in [3.05, 3.63) is 90.0 Å². The number of nitrogens with zero attached hydrogens (tertiary/aromatic N) is 2. The summed E-state index contributed by atoms with van der Waals surface area (Å²) in [4.78, 5) is 29.6. The van der Waals surface area contributed by atoms with Crippen LogP contribution in [0.4, 0.5) is 19.3 Å².